The monoisotopic (exact) mass is 265 g/mol. The van der Waals surface area contributed by atoms with Gasteiger partial charge in [0.1, 0.15) is 0 Å². The van der Waals surface area contributed by atoms with Crippen molar-refractivity contribution in [3.63, 3.8) is 0 Å². The van der Waals surface area contributed by atoms with E-state index >= 15 is 0 Å². The summed E-state index contributed by atoms with van der Waals surface area (Å²) in [5, 5.41) is 12.6. The van der Waals surface area contributed by atoms with Gasteiger partial charge in [-0.15, -0.1) is 0 Å². The molecule has 3 heteroatoms. The molecule has 1 aliphatic rings. The Labute approximate surface area is 119 Å². The SMILES string of the molecule is CNC(c1ccn(Cc2ccccc2C#N)c1)C1CC1. The van der Waals surface area contributed by atoms with Crippen molar-refractivity contribution in [3.05, 3.63) is 59.4 Å². The summed E-state index contributed by atoms with van der Waals surface area (Å²) in [4.78, 5) is 0. The van der Waals surface area contributed by atoms with Crippen molar-refractivity contribution in [1.29, 1.82) is 5.26 Å². The van der Waals surface area contributed by atoms with E-state index in [0.717, 1.165) is 23.6 Å². The first kappa shape index (κ1) is 13.0. The van der Waals surface area contributed by atoms with Gasteiger partial charge in [0.25, 0.3) is 0 Å². The Kier molecular flexibility index (Phi) is 3.58. The molecule has 0 bridgehead atoms. The van der Waals surface area contributed by atoms with Gasteiger partial charge in [0.05, 0.1) is 11.6 Å². The number of nitrogens with one attached hydrogen (secondary N) is 1. The van der Waals surface area contributed by atoms with Crippen molar-refractivity contribution in [3.8, 4) is 6.07 Å². The number of nitriles is 1. The van der Waals surface area contributed by atoms with Crippen LogP contribution in [-0.4, -0.2) is 11.6 Å². The number of rotatable bonds is 5. The van der Waals surface area contributed by atoms with Crippen LogP contribution < -0.4 is 5.32 Å². The van der Waals surface area contributed by atoms with Crippen molar-refractivity contribution in [1.82, 2.24) is 9.88 Å². The highest BCUT2D eigenvalue weighted by Crippen LogP contribution is 2.40. The van der Waals surface area contributed by atoms with Crippen LogP contribution in [0.2, 0.25) is 0 Å². The fourth-order valence-electron chi connectivity index (χ4n) is 2.81. The lowest BCUT2D eigenvalue weighted by Gasteiger charge is -2.13. The van der Waals surface area contributed by atoms with Gasteiger partial charge in [-0.05, 0) is 49.1 Å². The van der Waals surface area contributed by atoms with Gasteiger partial charge in [-0.1, -0.05) is 18.2 Å². The Morgan fingerprint density at radius 1 is 1.35 bits per heavy atom. The molecule has 3 nitrogen and oxygen atoms in total. The molecule has 0 aliphatic heterocycles. The number of hydrogen-bond donors (Lipinski definition) is 1. The molecule has 0 amide bonds. The zero-order valence-corrected chi connectivity index (χ0v) is 11.7. The zero-order valence-electron chi connectivity index (χ0n) is 11.7. The summed E-state index contributed by atoms with van der Waals surface area (Å²) in [5.41, 5.74) is 3.18. The highest BCUT2D eigenvalue weighted by Gasteiger charge is 2.31. The van der Waals surface area contributed by atoms with Crippen LogP contribution in [0.5, 0.6) is 0 Å². The van der Waals surface area contributed by atoms with Crippen LogP contribution in [0, 0.1) is 17.2 Å². The highest BCUT2D eigenvalue weighted by atomic mass is 15.0. The van der Waals surface area contributed by atoms with Crippen LogP contribution in [-0.2, 0) is 6.54 Å². The summed E-state index contributed by atoms with van der Waals surface area (Å²) in [5.74, 6) is 0.794. The van der Waals surface area contributed by atoms with Crippen LogP contribution in [0.1, 0.15) is 35.6 Å². The normalized spacial score (nSPS) is 15.8. The molecule has 1 aliphatic carbocycles. The van der Waals surface area contributed by atoms with Gasteiger partial charge < -0.3 is 9.88 Å². The number of benzene rings is 1. The second kappa shape index (κ2) is 5.52. The minimum atomic E-state index is 0.475. The topological polar surface area (TPSA) is 40.8 Å². The molecule has 1 atom stereocenters. The molecule has 1 aromatic heterocycles. The third-order valence-electron chi connectivity index (χ3n) is 4.03. The summed E-state index contributed by atoms with van der Waals surface area (Å²) < 4.78 is 2.16. The van der Waals surface area contributed by atoms with E-state index in [1.165, 1.54) is 18.4 Å². The second-order valence-corrected chi connectivity index (χ2v) is 5.49. The maximum absolute atomic E-state index is 9.14. The molecular weight excluding hydrogens is 246 g/mol. The fraction of sp³-hybridized carbons (Fsp3) is 0.353. The van der Waals surface area contributed by atoms with Gasteiger partial charge in [-0.25, -0.2) is 0 Å². The van der Waals surface area contributed by atoms with E-state index in [-0.39, 0.29) is 0 Å². The molecule has 0 spiro atoms. The lowest BCUT2D eigenvalue weighted by Crippen LogP contribution is -2.17. The quantitative estimate of drug-likeness (QED) is 0.902. The fourth-order valence-corrected chi connectivity index (χ4v) is 2.81. The lowest BCUT2D eigenvalue weighted by molar-refractivity contribution is 0.528. The molecule has 1 aromatic carbocycles. The van der Waals surface area contributed by atoms with Gasteiger partial charge in [0, 0.05) is 25.0 Å². The summed E-state index contributed by atoms with van der Waals surface area (Å²) in [6, 6.07) is 12.7. The molecule has 1 fully saturated rings. The first-order valence-corrected chi connectivity index (χ1v) is 7.12. The summed E-state index contributed by atoms with van der Waals surface area (Å²) in [7, 11) is 2.03. The van der Waals surface area contributed by atoms with Gasteiger partial charge in [-0.3, -0.25) is 0 Å². The highest BCUT2D eigenvalue weighted by molar-refractivity contribution is 5.37. The van der Waals surface area contributed by atoms with Gasteiger partial charge in [-0.2, -0.15) is 5.26 Å². The Morgan fingerprint density at radius 2 is 2.15 bits per heavy atom. The van der Waals surface area contributed by atoms with Crippen LogP contribution in [0.25, 0.3) is 0 Å². The van der Waals surface area contributed by atoms with Crippen LogP contribution in [0.4, 0.5) is 0 Å². The minimum absolute atomic E-state index is 0.475. The van der Waals surface area contributed by atoms with Crippen molar-refractivity contribution in [2.45, 2.75) is 25.4 Å². The minimum Gasteiger partial charge on any atom is -0.350 e. The van der Waals surface area contributed by atoms with Crippen LogP contribution in [0.3, 0.4) is 0 Å². The Hall–Kier alpha value is -2.05. The van der Waals surface area contributed by atoms with E-state index in [1.807, 2.05) is 31.3 Å². The molecule has 0 radical (unpaired) electrons. The van der Waals surface area contributed by atoms with E-state index in [1.54, 1.807) is 0 Å². The van der Waals surface area contributed by atoms with Crippen LogP contribution in [0.15, 0.2) is 42.7 Å². The molecule has 2 aromatic rings. The number of hydrogen-bond acceptors (Lipinski definition) is 2. The lowest BCUT2D eigenvalue weighted by atomic mass is 10.1. The Morgan fingerprint density at radius 3 is 2.85 bits per heavy atom. The summed E-state index contributed by atoms with van der Waals surface area (Å²) in [6.07, 6.45) is 6.96. The van der Waals surface area contributed by atoms with E-state index in [4.69, 9.17) is 5.26 Å². The zero-order chi connectivity index (χ0) is 13.9. The first-order chi connectivity index (χ1) is 9.81. The second-order valence-electron chi connectivity index (χ2n) is 5.49. The average molecular weight is 265 g/mol. The van der Waals surface area contributed by atoms with E-state index in [2.05, 4.69) is 34.4 Å². The molecule has 102 valence electrons. The largest absolute Gasteiger partial charge is 0.350 e. The van der Waals surface area contributed by atoms with E-state index in [0.29, 0.717) is 6.04 Å². The van der Waals surface area contributed by atoms with Gasteiger partial charge in [0.2, 0.25) is 0 Å². The number of aromatic nitrogens is 1. The average Bonchev–Trinajstić information content (AvgIpc) is 3.21. The molecule has 20 heavy (non-hydrogen) atoms. The molecular formula is C17H19N3. The van der Waals surface area contributed by atoms with E-state index in [9.17, 15) is 0 Å². The number of nitrogens with zero attached hydrogens (tertiary/aromatic N) is 2. The van der Waals surface area contributed by atoms with Crippen LogP contribution >= 0.6 is 0 Å². The molecule has 0 saturated heterocycles. The third kappa shape index (κ3) is 2.61. The third-order valence-corrected chi connectivity index (χ3v) is 4.03. The predicted octanol–water partition coefficient (Wildman–Crippen LogP) is 3.08. The molecule has 1 N–H and O–H groups in total. The van der Waals surface area contributed by atoms with Gasteiger partial charge in [0.15, 0.2) is 0 Å². The standard InChI is InChI=1S/C17H19N3/c1-19-17(13-6-7-13)16-8-9-20(12-16)11-15-5-3-2-4-14(15)10-18/h2-5,8-9,12-13,17,19H,6-7,11H2,1H3. The van der Waals surface area contributed by atoms with Crippen molar-refractivity contribution in [2.24, 2.45) is 5.92 Å². The van der Waals surface area contributed by atoms with Crippen molar-refractivity contribution >= 4 is 0 Å². The maximum atomic E-state index is 9.14. The Balaban J connectivity index is 1.78. The van der Waals surface area contributed by atoms with E-state index < -0.39 is 0 Å². The molecule has 1 saturated carbocycles. The van der Waals surface area contributed by atoms with Crippen molar-refractivity contribution in [2.75, 3.05) is 7.05 Å². The summed E-state index contributed by atoms with van der Waals surface area (Å²) >= 11 is 0. The molecule has 1 heterocycles. The Bertz CT molecular complexity index is 632. The van der Waals surface area contributed by atoms with Crippen molar-refractivity contribution < 1.29 is 0 Å². The summed E-state index contributed by atoms with van der Waals surface area (Å²) in [6.45, 7) is 0.755. The molecule has 3 rings (SSSR count). The first-order valence-electron chi connectivity index (χ1n) is 7.12. The molecule has 1 unspecified atom stereocenters. The predicted molar refractivity (Wildman–Crippen MR) is 79.2 cm³/mol. The van der Waals surface area contributed by atoms with Gasteiger partial charge >= 0.3 is 0 Å². The smallest absolute Gasteiger partial charge is 0.0995 e. The maximum Gasteiger partial charge on any atom is 0.0995 e.